The number of pyridine rings is 1. The van der Waals surface area contributed by atoms with Crippen molar-refractivity contribution in [2.24, 2.45) is 0 Å². The molecule has 1 aromatic heterocycles. The quantitative estimate of drug-likeness (QED) is 0.862. The van der Waals surface area contributed by atoms with Crippen LogP contribution in [-0.2, 0) is 4.74 Å². The summed E-state index contributed by atoms with van der Waals surface area (Å²) in [5.74, 6) is 0. The number of nitrogens with one attached hydrogen (secondary N) is 1. The third-order valence-corrected chi connectivity index (χ3v) is 2.48. The predicted molar refractivity (Wildman–Crippen MR) is 67.1 cm³/mol. The molecular formula is C13H14N2O2. The Morgan fingerprint density at radius 3 is 3.00 bits per heavy atom. The van der Waals surface area contributed by atoms with Crippen molar-refractivity contribution in [1.82, 2.24) is 4.98 Å². The molecule has 0 fully saturated rings. The van der Waals surface area contributed by atoms with Crippen molar-refractivity contribution < 1.29 is 9.53 Å². The second-order valence-corrected chi connectivity index (χ2v) is 3.74. The van der Waals surface area contributed by atoms with Crippen molar-refractivity contribution in [2.75, 3.05) is 11.9 Å². The summed E-state index contributed by atoms with van der Waals surface area (Å²) in [7, 11) is 0. The van der Waals surface area contributed by atoms with Crippen LogP contribution in [0.25, 0.3) is 10.8 Å². The molecule has 4 heteroatoms. The van der Waals surface area contributed by atoms with Gasteiger partial charge in [0.15, 0.2) is 0 Å². The van der Waals surface area contributed by atoms with Gasteiger partial charge in [0.25, 0.3) is 0 Å². The van der Waals surface area contributed by atoms with Crippen LogP contribution >= 0.6 is 0 Å². The highest BCUT2D eigenvalue weighted by molar-refractivity contribution is 5.92. The lowest BCUT2D eigenvalue weighted by atomic mass is 10.1. The smallest absolute Gasteiger partial charge is 0.411 e. The third kappa shape index (κ3) is 2.53. The van der Waals surface area contributed by atoms with Crippen LogP contribution in [0.2, 0.25) is 0 Å². The molecule has 1 N–H and O–H groups in total. The van der Waals surface area contributed by atoms with Gasteiger partial charge in [0, 0.05) is 23.5 Å². The molecule has 0 atom stereocenters. The second kappa shape index (κ2) is 4.82. The number of amides is 1. The molecule has 0 unspecified atom stereocenters. The molecule has 0 saturated carbocycles. The summed E-state index contributed by atoms with van der Waals surface area (Å²) in [5.41, 5.74) is 1.81. The van der Waals surface area contributed by atoms with Gasteiger partial charge in [0.05, 0.1) is 6.61 Å². The van der Waals surface area contributed by atoms with E-state index in [0.717, 1.165) is 22.0 Å². The highest BCUT2D eigenvalue weighted by Gasteiger charge is 2.03. The molecule has 4 nitrogen and oxygen atoms in total. The van der Waals surface area contributed by atoms with E-state index in [2.05, 4.69) is 10.3 Å². The highest BCUT2D eigenvalue weighted by Crippen LogP contribution is 2.21. The maximum atomic E-state index is 11.3. The topological polar surface area (TPSA) is 51.2 Å². The first-order valence-corrected chi connectivity index (χ1v) is 5.49. The Labute approximate surface area is 99.6 Å². The molecule has 1 aromatic carbocycles. The Kier molecular flexibility index (Phi) is 3.23. The lowest BCUT2D eigenvalue weighted by Gasteiger charge is -2.07. The van der Waals surface area contributed by atoms with Crippen LogP contribution in [0, 0.1) is 6.92 Å². The molecule has 0 spiro atoms. The fraction of sp³-hybridized carbons (Fsp3) is 0.231. The molecule has 17 heavy (non-hydrogen) atoms. The van der Waals surface area contributed by atoms with E-state index in [9.17, 15) is 4.79 Å². The predicted octanol–water partition coefficient (Wildman–Crippen LogP) is 3.11. The molecule has 88 valence electrons. The van der Waals surface area contributed by atoms with Crippen molar-refractivity contribution in [3.05, 3.63) is 36.2 Å². The lowest BCUT2D eigenvalue weighted by molar-refractivity contribution is 0.168. The van der Waals surface area contributed by atoms with E-state index in [-0.39, 0.29) is 0 Å². The van der Waals surface area contributed by atoms with Gasteiger partial charge in [-0.1, -0.05) is 6.07 Å². The van der Waals surface area contributed by atoms with Gasteiger partial charge in [0.1, 0.15) is 0 Å². The molecular weight excluding hydrogens is 216 g/mol. The van der Waals surface area contributed by atoms with Crippen LogP contribution in [-0.4, -0.2) is 17.7 Å². The zero-order chi connectivity index (χ0) is 12.3. The van der Waals surface area contributed by atoms with Gasteiger partial charge < -0.3 is 4.74 Å². The van der Waals surface area contributed by atoms with Gasteiger partial charge in [-0.25, -0.2) is 4.79 Å². The summed E-state index contributed by atoms with van der Waals surface area (Å²) in [4.78, 5) is 15.4. The minimum Gasteiger partial charge on any atom is -0.450 e. The second-order valence-electron chi connectivity index (χ2n) is 3.74. The van der Waals surface area contributed by atoms with E-state index in [1.54, 1.807) is 19.3 Å². The van der Waals surface area contributed by atoms with Crippen LogP contribution < -0.4 is 5.32 Å². The number of nitrogens with zero attached hydrogens (tertiary/aromatic N) is 1. The number of anilines is 1. The van der Waals surface area contributed by atoms with Crippen LogP contribution in [0.4, 0.5) is 10.5 Å². The minimum absolute atomic E-state index is 0.363. The Hall–Kier alpha value is -2.10. The number of carbonyl (C=O) groups is 1. The van der Waals surface area contributed by atoms with Crippen LogP contribution in [0.3, 0.4) is 0 Å². The van der Waals surface area contributed by atoms with Gasteiger partial charge >= 0.3 is 6.09 Å². The monoisotopic (exact) mass is 230 g/mol. The number of rotatable bonds is 2. The van der Waals surface area contributed by atoms with Crippen LogP contribution in [0.1, 0.15) is 12.5 Å². The minimum atomic E-state index is -0.432. The first-order valence-electron chi connectivity index (χ1n) is 5.49. The number of aromatic nitrogens is 1. The summed E-state index contributed by atoms with van der Waals surface area (Å²) < 4.78 is 4.83. The molecule has 2 rings (SSSR count). The Morgan fingerprint density at radius 2 is 2.24 bits per heavy atom. The Morgan fingerprint density at radius 1 is 1.41 bits per heavy atom. The van der Waals surface area contributed by atoms with Gasteiger partial charge in [0.2, 0.25) is 0 Å². The van der Waals surface area contributed by atoms with E-state index in [1.807, 2.05) is 25.1 Å². The van der Waals surface area contributed by atoms with Crippen LogP contribution in [0.5, 0.6) is 0 Å². The van der Waals surface area contributed by atoms with E-state index in [0.29, 0.717) is 6.61 Å². The molecule has 2 aromatic rings. The van der Waals surface area contributed by atoms with Crippen molar-refractivity contribution in [3.63, 3.8) is 0 Å². The molecule has 0 aliphatic heterocycles. The molecule has 0 radical (unpaired) electrons. The first kappa shape index (κ1) is 11.4. The molecule has 0 aliphatic carbocycles. The van der Waals surface area contributed by atoms with E-state index >= 15 is 0 Å². The number of benzene rings is 1. The van der Waals surface area contributed by atoms with Gasteiger partial charge in [-0.2, -0.15) is 0 Å². The molecule has 1 heterocycles. The number of hydrogen-bond donors (Lipinski definition) is 1. The third-order valence-electron chi connectivity index (χ3n) is 2.48. The number of fused-ring (bicyclic) bond motifs is 1. The first-order chi connectivity index (χ1) is 8.20. The number of aryl methyl sites for hydroxylation is 1. The van der Waals surface area contributed by atoms with Crippen molar-refractivity contribution >= 4 is 22.6 Å². The standard InChI is InChI=1S/C13H14N2O2/c1-3-17-13(16)15-11-5-4-10-8-14-7-9(2)12(10)6-11/h4-8H,3H2,1-2H3,(H,15,16). The average molecular weight is 230 g/mol. The largest absolute Gasteiger partial charge is 0.450 e. The van der Waals surface area contributed by atoms with E-state index in [4.69, 9.17) is 4.74 Å². The van der Waals surface area contributed by atoms with Gasteiger partial charge in [-0.15, -0.1) is 0 Å². The average Bonchev–Trinajstić information content (AvgIpc) is 2.30. The van der Waals surface area contributed by atoms with E-state index in [1.165, 1.54) is 0 Å². The van der Waals surface area contributed by atoms with Crippen LogP contribution in [0.15, 0.2) is 30.6 Å². The number of hydrogen-bond acceptors (Lipinski definition) is 3. The summed E-state index contributed by atoms with van der Waals surface area (Å²) in [5, 5.41) is 4.81. The van der Waals surface area contributed by atoms with Crippen molar-refractivity contribution in [3.8, 4) is 0 Å². The fourth-order valence-corrected chi connectivity index (χ4v) is 1.67. The van der Waals surface area contributed by atoms with Crippen molar-refractivity contribution in [1.29, 1.82) is 0 Å². The normalized spacial score (nSPS) is 10.2. The van der Waals surface area contributed by atoms with E-state index < -0.39 is 6.09 Å². The zero-order valence-electron chi connectivity index (χ0n) is 9.86. The maximum Gasteiger partial charge on any atom is 0.411 e. The van der Waals surface area contributed by atoms with Gasteiger partial charge in [-0.3, -0.25) is 10.3 Å². The maximum absolute atomic E-state index is 11.3. The Balaban J connectivity index is 2.31. The number of ether oxygens (including phenoxy) is 1. The Bertz CT molecular complexity index is 552. The summed E-state index contributed by atoms with van der Waals surface area (Å²) in [6, 6.07) is 5.68. The summed E-state index contributed by atoms with van der Waals surface area (Å²) >= 11 is 0. The molecule has 0 bridgehead atoms. The number of carbonyl (C=O) groups excluding carboxylic acids is 1. The van der Waals surface area contributed by atoms with Crippen molar-refractivity contribution in [2.45, 2.75) is 13.8 Å². The highest BCUT2D eigenvalue weighted by atomic mass is 16.5. The fourth-order valence-electron chi connectivity index (χ4n) is 1.67. The molecule has 0 aliphatic rings. The SMILES string of the molecule is CCOC(=O)Nc1ccc2cncc(C)c2c1. The zero-order valence-corrected chi connectivity index (χ0v) is 9.86. The molecule has 1 amide bonds. The lowest BCUT2D eigenvalue weighted by Crippen LogP contribution is -2.13. The molecule has 0 saturated heterocycles. The van der Waals surface area contributed by atoms with Gasteiger partial charge in [-0.05, 0) is 36.9 Å². The summed E-state index contributed by atoms with van der Waals surface area (Å²) in [6.07, 6.45) is 3.17. The summed E-state index contributed by atoms with van der Waals surface area (Å²) in [6.45, 7) is 4.13.